The Hall–Kier alpha value is -2.67. The number of carbonyl (C=O) groups is 1. The Morgan fingerprint density at radius 3 is 2.58 bits per heavy atom. The maximum absolute atomic E-state index is 13.8. The maximum atomic E-state index is 13.8. The molecule has 0 aliphatic rings. The molecule has 0 radical (unpaired) electrons. The molecule has 0 fully saturated rings. The fourth-order valence-electron chi connectivity index (χ4n) is 2.41. The van der Waals surface area contributed by atoms with Crippen molar-refractivity contribution in [3.05, 3.63) is 66.0 Å². The molecule has 26 heavy (non-hydrogen) atoms. The molecule has 5 nitrogen and oxygen atoms in total. The summed E-state index contributed by atoms with van der Waals surface area (Å²) in [5, 5.41) is 7.98. The summed E-state index contributed by atoms with van der Waals surface area (Å²) in [7, 11) is 0. The lowest BCUT2D eigenvalue weighted by Gasteiger charge is -2.20. The van der Waals surface area contributed by atoms with Crippen molar-refractivity contribution in [2.75, 3.05) is 12.3 Å². The summed E-state index contributed by atoms with van der Waals surface area (Å²) in [6, 6.07) is 16.0. The molecule has 3 rings (SSSR count). The third-order valence-electron chi connectivity index (χ3n) is 3.78. The highest BCUT2D eigenvalue weighted by molar-refractivity contribution is 7.99. The smallest absolute Gasteiger partial charge is 0.277 e. The predicted octanol–water partition coefficient (Wildman–Crippen LogP) is 4.02. The Labute approximate surface area is 155 Å². The van der Waals surface area contributed by atoms with E-state index in [1.807, 2.05) is 37.3 Å². The van der Waals surface area contributed by atoms with E-state index in [0.717, 1.165) is 17.3 Å². The molecule has 1 amide bonds. The maximum Gasteiger partial charge on any atom is 0.277 e. The normalized spacial score (nSPS) is 10.7. The van der Waals surface area contributed by atoms with Gasteiger partial charge in [0.1, 0.15) is 5.82 Å². The van der Waals surface area contributed by atoms with Crippen LogP contribution in [-0.2, 0) is 11.3 Å². The summed E-state index contributed by atoms with van der Waals surface area (Å²) in [4.78, 5) is 14.2. The molecule has 0 unspecified atom stereocenters. The first-order valence-corrected chi connectivity index (χ1v) is 9.19. The van der Waals surface area contributed by atoms with Crippen molar-refractivity contribution in [3.8, 4) is 11.5 Å². The summed E-state index contributed by atoms with van der Waals surface area (Å²) in [6.45, 7) is 3.11. The van der Waals surface area contributed by atoms with Crippen molar-refractivity contribution >= 4 is 17.7 Å². The largest absolute Gasteiger partial charge is 0.411 e. The van der Waals surface area contributed by atoms with Crippen molar-refractivity contribution in [1.29, 1.82) is 0 Å². The zero-order valence-electron chi connectivity index (χ0n) is 14.3. The summed E-state index contributed by atoms with van der Waals surface area (Å²) in [5.74, 6) is -0.162. The molecule has 0 saturated carbocycles. The Morgan fingerprint density at radius 2 is 1.85 bits per heavy atom. The highest BCUT2D eigenvalue weighted by Gasteiger charge is 2.16. The molecular weight excluding hydrogens is 353 g/mol. The first-order chi connectivity index (χ1) is 12.7. The Morgan fingerprint density at radius 1 is 1.12 bits per heavy atom. The fourth-order valence-corrected chi connectivity index (χ4v) is 3.07. The lowest BCUT2D eigenvalue weighted by Crippen LogP contribution is -2.31. The molecule has 1 heterocycles. The van der Waals surface area contributed by atoms with Gasteiger partial charge in [-0.2, -0.15) is 0 Å². The minimum absolute atomic E-state index is 0.0213. The van der Waals surface area contributed by atoms with E-state index in [4.69, 9.17) is 4.42 Å². The SMILES string of the molecule is CCN(Cc1ccccc1)C(=O)CSc1nnc(-c2ccccc2F)o1. The van der Waals surface area contributed by atoms with Gasteiger partial charge in [-0.3, -0.25) is 4.79 Å². The van der Waals surface area contributed by atoms with Crippen molar-refractivity contribution in [1.82, 2.24) is 15.1 Å². The van der Waals surface area contributed by atoms with Crippen LogP contribution >= 0.6 is 11.8 Å². The Kier molecular flexibility index (Phi) is 6.01. The van der Waals surface area contributed by atoms with Gasteiger partial charge in [0.2, 0.25) is 5.91 Å². The van der Waals surface area contributed by atoms with E-state index in [1.54, 1.807) is 23.1 Å². The van der Waals surface area contributed by atoms with Crippen molar-refractivity contribution in [3.63, 3.8) is 0 Å². The molecule has 0 bridgehead atoms. The van der Waals surface area contributed by atoms with Crippen LogP contribution in [0.3, 0.4) is 0 Å². The number of hydrogen-bond donors (Lipinski definition) is 0. The van der Waals surface area contributed by atoms with Crippen LogP contribution in [0.1, 0.15) is 12.5 Å². The number of amides is 1. The molecule has 0 saturated heterocycles. The first-order valence-electron chi connectivity index (χ1n) is 8.20. The van der Waals surface area contributed by atoms with E-state index in [-0.39, 0.29) is 28.3 Å². The minimum atomic E-state index is -0.427. The van der Waals surface area contributed by atoms with Gasteiger partial charge < -0.3 is 9.32 Å². The number of hydrogen-bond acceptors (Lipinski definition) is 5. The zero-order chi connectivity index (χ0) is 18.4. The fraction of sp³-hybridized carbons (Fsp3) is 0.211. The number of aromatic nitrogens is 2. The number of halogens is 1. The van der Waals surface area contributed by atoms with Gasteiger partial charge in [0.15, 0.2) is 0 Å². The van der Waals surface area contributed by atoms with Crippen LogP contribution in [0.5, 0.6) is 0 Å². The van der Waals surface area contributed by atoms with E-state index < -0.39 is 5.82 Å². The van der Waals surface area contributed by atoms with Gasteiger partial charge >= 0.3 is 0 Å². The van der Waals surface area contributed by atoms with Crippen LogP contribution in [0.25, 0.3) is 11.5 Å². The number of carbonyl (C=O) groups excluding carboxylic acids is 1. The van der Waals surface area contributed by atoms with Crippen LogP contribution < -0.4 is 0 Å². The van der Waals surface area contributed by atoms with Gasteiger partial charge in [-0.25, -0.2) is 4.39 Å². The molecule has 3 aromatic rings. The third kappa shape index (κ3) is 4.49. The number of rotatable bonds is 7. The second kappa shape index (κ2) is 8.62. The lowest BCUT2D eigenvalue weighted by atomic mass is 10.2. The predicted molar refractivity (Wildman–Crippen MR) is 97.9 cm³/mol. The lowest BCUT2D eigenvalue weighted by molar-refractivity contribution is -0.128. The molecule has 7 heteroatoms. The second-order valence-electron chi connectivity index (χ2n) is 5.54. The van der Waals surface area contributed by atoms with E-state index in [0.29, 0.717) is 13.1 Å². The van der Waals surface area contributed by atoms with Crippen LogP contribution in [0.15, 0.2) is 64.2 Å². The van der Waals surface area contributed by atoms with Gasteiger partial charge in [-0.05, 0) is 24.6 Å². The molecule has 0 atom stereocenters. The quantitative estimate of drug-likeness (QED) is 0.587. The Balaban J connectivity index is 1.60. The number of nitrogens with zero attached hydrogens (tertiary/aromatic N) is 3. The van der Waals surface area contributed by atoms with Gasteiger partial charge in [0, 0.05) is 13.1 Å². The van der Waals surface area contributed by atoms with E-state index >= 15 is 0 Å². The van der Waals surface area contributed by atoms with Crippen molar-refractivity contribution < 1.29 is 13.6 Å². The summed E-state index contributed by atoms with van der Waals surface area (Å²) < 4.78 is 19.2. The monoisotopic (exact) mass is 371 g/mol. The topological polar surface area (TPSA) is 59.2 Å². The summed E-state index contributed by atoms with van der Waals surface area (Å²) >= 11 is 1.15. The van der Waals surface area contributed by atoms with Gasteiger partial charge in [0.05, 0.1) is 11.3 Å². The molecule has 0 N–H and O–H groups in total. The molecule has 134 valence electrons. The molecule has 0 aliphatic heterocycles. The van der Waals surface area contributed by atoms with Gasteiger partial charge in [-0.15, -0.1) is 10.2 Å². The van der Waals surface area contributed by atoms with E-state index in [9.17, 15) is 9.18 Å². The van der Waals surface area contributed by atoms with Crippen LogP contribution in [-0.4, -0.2) is 33.3 Å². The van der Waals surface area contributed by atoms with Crippen molar-refractivity contribution in [2.24, 2.45) is 0 Å². The molecule has 0 aliphatic carbocycles. The summed E-state index contributed by atoms with van der Waals surface area (Å²) in [6.07, 6.45) is 0. The average Bonchev–Trinajstić information content (AvgIpc) is 3.14. The Bertz CT molecular complexity index is 870. The van der Waals surface area contributed by atoms with Crippen LogP contribution in [0.2, 0.25) is 0 Å². The third-order valence-corrected chi connectivity index (χ3v) is 4.58. The molecule has 1 aromatic heterocycles. The first kappa shape index (κ1) is 18.1. The highest BCUT2D eigenvalue weighted by atomic mass is 32.2. The van der Waals surface area contributed by atoms with E-state index in [1.165, 1.54) is 6.07 Å². The zero-order valence-corrected chi connectivity index (χ0v) is 15.1. The summed E-state index contributed by atoms with van der Waals surface area (Å²) in [5.41, 5.74) is 1.32. The standard InChI is InChI=1S/C19H18FN3O2S/c1-2-23(12-14-8-4-3-5-9-14)17(24)13-26-19-22-21-18(25-19)15-10-6-7-11-16(15)20/h3-11H,2,12-13H2,1H3. The number of benzene rings is 2. The molecule has 2 aromatic carbocycles. The number of thioether (sulfide) groups is 1. The minimum Gasteiger partial charge on any atom is -0.411 e. The van der Waals surface area contributed by atoms with Crippen LogP contribution in [0, 0.1) is 5.82 Å². The highest BCUT2D eigenvalue weighted by Crippen LogP contribution is 2.25. The molecule has 0 spiro atoms. The van der Waals surface area contributed by atoms with Crippen molar-refractivity contribution in [2.45, 2.75) is 18.7 Å². The van der Waals surface area contributed by atoms with Gasteiger partial charge in [-0.1, -0.05) is 54.2 Å². The average molecular weight is 371 g/mol. The molecular formula is C19H18FN3O2S. The van der Waals surface area contributed by atoms with E-state index in [2.05, 4.69) is 10.2 Å². The second-order valence-corrected chi connectivity index (χ2v) is 6.46. The van der Waals surface area contributed by atoms with Crippen LogP contribution in [0.4, 0.5) is 4.39 Å². The van der Waals surface area contributed by atoms with Gasteiger partial charge in [0.25, 0.3) is 11.1 Å².